The minimum absolute atomic E-state index is 0. The SMILES string of the molecule is COc1cccc2c1[C@@H]1CN(CCCCn3c(=O)[nH]c4c(sc5c(OC)ccnc54)c3=O)C[C@H]1CO2.Cl.Cl. The van der Waals surface area contributed by atoms with Crippen molar-refractivity contribution in [3.63, 3.8) is 0 Å². The van der Waals surface area contributed by atoms with Crippen molar-refractivity contribution in [3.8, 4) is 17.2 Å². The highest BCUT2D eigenvalue weighted by molar-refractivity contribution is 7.26. The van der Waals surface area contributed by atoms with Gasteiger partial charge < -0.3 is 24.1 Å². The third kappa shape index (κ3) is 4.75. The van der Waals surface area contributed by atoms with Gasteiger partial charge in [0.2, 0.25) is 0 Å². The Bertz CT molecular complexity index is 1560. The molecule has 0 aliphatic carbocycles. The Morgan fingerprint density at radius 2 is 1.84 bits per heavy atom. The molecule has 0 amide bonds. The van der Waals surface area contributed by atoms with Crippen molar-refractivity contribution in [3.05, 3.63) is 56.9 Å². The highest BCUT2D eigenvalue weighted by Gasteiger charge is 2.40. The van der Waals surface area contributed by atoms with Gasteiger partial charge >= 0.3 is 5.69 Å². The van der Waals surface area contributed by atoms with Crippen LogP contribution in [-0.2, 0) is 6.54 Å². The quantitative estimate of drug-likeness (QED) is 0.329. The molecule has 2 atom stereocenters. The van der Waals surface area contributed by atoms with Crippen LogP contribution in [0, 0.1) is 5.92 Å². The first kappa shape index (κ1) is 28.2. The second-order valence-electron chi connectivity index (χ2n) is 9.40. The average Bonchev–Trinajstić information content (AvgIpc) is 3.49. The summed E-state index contributed by atoms with van der Waals surface area (Å²) in [6.45, 7) is 3.95. The lowest BCUT2D eigenvalue weighted by Crippen LogP contribution is -2.34. The smallest absolute Gasteiger partial charge is 0.328 e. The highest BCUT2D eigenvalue weighted by atomic mass is 35.5. The summed E-state index contributed by atoms with van der Waals surface area (Å²) in [5.41, 5.74) is 1.59. The first-order valence-electron chi connectivity index (χ1n) is 12.2. The summed E-state index contributed by atoms with van der Waals surface area (Å²) in [5, 5.41) is 0. The molecule has 38 heavy (non-hydrogen) atoms. The van der Waals surface area contributed by atoms with Crippen LogP contribution >= 0.6 is 36.2 Å². The molecule has 4 aromatic rings. The number of halogens is 2. The average molecular weight is 582 g/mol. The van der Waals surface area contributed by atoms with Crippen molar-refractivity contribution in [2.75, 3.05) is 40.5 Å². The van der Waals surface area contributed by atoms with Gasteiger partial charge in [-0.1, -0.05) is 6.07 Å². The van der Waals surface area contributed by atoms with E-state index in [1.165, 1.54) is 21.5 Å². The maximum Gasteiger partial charge on any atom is 0.328 e. The largest absolute Gasteiger partial charge is 0.496 e. The molecule has 1 aromatic carbocycles. The Morgan fingerprint density at radius 3 is 2.63 bits per heavy atom. The molecule has 204 valence electrons. The molecule has 0 radical (unpaired) electrons. The van der Waals surface area contributed by atoms with Crippen molar-refractivity contribution >= 4 is 56.6 Å². The number of hydrogen-bond donors (Lipinski definition) is 1. The topological polar surface area (TPSA) is 98.7 Å². The summed E-state index contributed by atoms with van der Waals surface area (Å²) in [6, 6.07) is 7.74. The van der Waals surface area contributed by atoms with Crippen LogP contribution in [0.15, 0.2) is 40.1 Å². The van der Waals surface area contributed by atoms with Gasteiger partial charge in [0.05, 0.1) is 31.0 Å². The van der Waals surface area contributed by atoms with Crippen LogP contribution in [0.3, 0.4) is 0 Å². The van der Waals surface area contributed by atoms with Gasteiger partial charge in [0.15, 0.2) is 0 Å². The van der Waals surface area contributed by atoms with Crippen molar-refractivity contribution < 1.29 is 14.2 Å². The zero-order valence-electron chi connectivity index (χ0n) is 21.1. The minimum Gasteiger partial charge on any atom is -0.496 e. The molecule has 2 aliphatic heterocycles. The number of hydrogen-bond acceptors (Lipinski definition) is 8. The normalized spacial score (nSPS) is 18.3. The van der Waals surface area contributed by atoms with E-state index in [-0.39, 0.29) is 30.4 Å². The van der Waals surface area contributed by atoms with Crippen molar-refractivity contribution in [1.82, 2.24) is 19.4 Å². The van der Waals surface area contributed by atoms with E-state index in [2.05, 4.69) is 14.9 Å². The lowest BCUT2D eigenvalue weighted by Gasteiger charge is -2.29. The molecule has 1 fully saturated rings. The third-order valence-electron chi connectivity index (χ3n) is 7.37. The van der Waals surface area contributed by atoms with Crippen LogP contribution in [0.5, 0.6) is 17.2 Å². The number of likely N-dealkylation sites (tertiary alicyclic amines) is 1. The van der Waals surface area contributed by atoms with Gasteiger partial charge in [-0.05, 0) is 37.6 Å². The summed E-state index contributed by atoms with van der Waals surface area (Å²) < 4.78 is 19.6. The molecule has 6 rings (SSSR count). The molecule has 12 heteroatoms. The fraction of sp³-hybridized carbons (Fsp3) is 0.423. The number of fused-ring (bicyclic) bond motifs is 6. The number of pyridine rings is 1. The van der Waals surface area contributed by atoms with E-state index in [0.29, 0.717) is 39.9 Å². The predicted octanol–water partition coefficient (Wildman–Crippen LogP) is 4.05. The summed E-state index contributed by atoms with van der Waals surface area (Å²) in [6.07, 6.45) is 3.25. The number of nitrogens with one attached hydrogen (secondary N) is 1. The van der Waals surface area contributed by atoms with Crippen molar-refractivity contribution in [2.45, 2.75) is 25.3 Å². The summed E-state index contributed by atoms with van der Waals surface area (Å²) in [5.74, 6) is 3.31. The number of benzene rings is 1. The number of aromatic nitrogens is 3. The highest BCUT2D eigenvalue weighted by Crippen LogP contribution is 2.46. The Morgan fingerprint density at radius 1 is 1.05 bits per heavy atom. The number of thiophene rings is 1. The lowest BCUT2D eigenvalue weighted by atomic mass is 9.86. The predicted molar refractivity (Wildman–Crippen MR) is 153 cm³/mol. The van der Waals surface area contributed by atoms with Crippen LogP contribution in [0.4, 0.5) is 0 Å². The molecule has 3 aromatic heterocycles. The molecule has 0 saturated carbocycles. The van der Waals surface area contributed by atoms with Crippen LogP contribution < -0.4 is 25.5 Å². The minimum atomic E-state index is -0.398. The van der Waals surface area contributed by atoms with Gasteiger partial charge in [0.25, 0.3) is 5.56 Å². The maximum absolute atomic E-state index is 13.2. The van der Waals surface area contributed by atoms with E-state index in [9.17, 15) is 9.59 Å². The monoisotopic (exact) mass is 580 g/mol. The number of unbranched alkanes of at least 4 members (excludes halogenated alkanes) is 1. The lowest BCUT2D eigenvalue weighted by molar-refractivity contribution is 0.209. The molecule has 1 saturated heterocycles. The number of ether oxygens (including phenoxy) is 3. The number of H-pyrrole nitrogens is 1. The van der Waals surface area contributed by atoms with Gasteiger partial charge in [-0.25, -0.2) is 4.79 Å². The molecular formula is C26H30Cl2N4O5S. The summed E-state index contributed by atoms with van der Waals surface area (Å²) in [4.78, 5) is 35.6. The van der Waals surface area contributed by atoms with Gasteiger partial charge in [-0.3, -0.25) is 14.3 Å². The molecule has 0 spiro atoms. The molecule has 2 aliphatic rings. The molecule has 1 N–H and O–H groups in total. The van der Waals surface area contributed by atoms with Gasteiger partial charge in [0.1, 0.15) is 27.5 Å². The Kier molecular flexibility index (Phi) is 8.56. The van der Waals surface area contributed by atoms with Crippen molar-refractivity contribution in [1.29, 1.82) is 0 Å². The first-order valence-corrected chi connectivity index (χ1v) is 13.0. The second kappa shape index (κ2) is 11.5. The number of aromatic amines is 1. The van der Waals surface area contributed by atoms with E-state index in [4.69, 9.17) is 14.2 Å². The van der Waals surface area contributed by atoms with E-state index in [1.807, 2.05) is 18.2 Å². The van der Waals surface area contributed by atoms with E-state index < -0.39 is 5.69 Å². The Hall–Kier alpha value is -2.79. The fourth-order valence-electron chi connectivity index (χ4n) is 5.62. The molecule has 0 unspecified atom stereocenters. The Labute approximate surface area is 235 Å². The fourth-order valence-corrected chi connectivity index (χ4v) is 6.78. The van der Waals surface area contributed by atoms with Crippen LogP contribution in [0.1, 0.15) is 24.3 Å². The standard InChI is InChI=1S/C26H28N4O5S.2ClH/c1-33-17-6-5-7-18-20(17)16-13-29(12-15(16)14-35-18)10-3-4-11-30-25(31)24-22(28-26(30)32)21-23(36-24)19(34-2)8-9-27-21;;/h5-9,15-16H,3-4,10-14H2,1-2H3,(H,28,32);2*1H/t15-,16+;;/m0../s1. The molecule has 9 nitrogen and oxygen atoms in total. The third-order valence-corrected chi connectivity index (χ3v) is 8.55. The molecule has 0 bridgehead atoms. The van der Waals surface area contributed by atoms with E-state index in [0.717, 1.165) is 55.3 Å². The van der Waals surface area contributed by atoms with E-state index in [1.54, 1.807) is 26.5 Å². The molecular weight excluding hydrogens is 551 g/mol. The van der Waals surface area contributed by atoms with Gasteiger partial charge in [-0.15, -0.1) is 36.2 Å². The van der Waals surface area contributed by atoms with E-state index >= 15 is 0 Å². The second-order valence-corrected chi connectivity index (χ2v) is 10.4. The number of rotatable bonds is 7. The first-order chi connectivity index (χ1) is 17.6. The van der Waals surface area contributed by atoms with Gasteiger partial charge in [-0.2, -0.15) is 0 Å². The number of nitrogens with zero attached hydrogens (tertiary/aromatic N) is 3. The zero-order valence-corrected chi connectivity index (χ0v) is 23.5. The van der Waals surface area contributed by atoms with Crippen molar-refractivity contribution in [2.24, 2.45) is 5.92 Å². The zero-order chi connectivity index (χ0) is 24.8. The molecule has 5 heterocycles. The van der Waals surface area contributed by atoms with Crippen LogP contribution in [0.2, 0.25) is 0 Å². The summed E-state index contributed by atoms with van der Waals surface area (Å²) in [7, 11) is 3.29. The number of methoxy groups -OCH3 is 2. The maximum atomic E-state index is 13.2. The summed E-state index contributed by atoms with van der Waals surface area (Å²) >= 11 is 1.31. The van der Waals surface area contributed by atoms with Crippen LogP contribution in [0.25, 0.3) is 20.4 Å². The Balaban J connectivity index is 0.00000168. The van der Waals surface area contributed by atoms with Crippen LogP contribution in [-0.4, -0.2) is 59.9 Å². The van der Waals surface area contributed by atoms with Gasteiger partial charge in [0, 0.05) is 43.2 Å².